The van der Waals surface area contributed by atoms with Crippen molar-refractivity contribution in [1.29, 1.82) is 0 Å². The second-order valence-corrected chi connectivity index (χ2v) is 3.92. The number of hydrogen-bond donors (Lipinski definition) is 0. The van der Waals surface area contributed by atoms with Crippen molar-refractivity contribution in [3.8, 4) is 12.3 Å². The van der Waals surface area contributed by atoms with Crippen molar-refractivity contribution in [1.82, 2.24) is 0 Å². The Bertz CT molecular complexity index is 189. The van der Waals surface area contributed by atoms with Crippen LogP contribution < -0.4 is 0 Å². The highest BCUT2D eigenvalue weighted by Gasteiger charge is 2.14. The van der Waals surface area contributed by atoms with Crippen LogP contribution in [-0.4, -0.2) is 0 Å². The summed E-state index contributed by atoms with van der Waals surface area (Å²) in [6.07, 6.45) is 7.66. The molecular formula is C12H20. The van der Waals surface area contributed by atoms with Crippen LogP contribution in [0, 0.1) is 30.1 Å². The van der Waals surface area contributed by atoms with Gasteiger partial charge in [0.1, 0.15) is 0 Å². The Labute approximate surface area is 77.1 Å². The number of terminal acetylenes is 1. The summed E-state index contributed by atoms with van der Waals surface area (Å²) in [6.45, 7) is 10.8. The van der Waals surface area contributed by atoms with Crippen molar-refractivity contribution in [3.05, 3.63) is 11.6 Å². The third-order valence-corrected chi connectivity index (χ3v) is 2.48. The standard InChI is InChI=1S/C12H20/c1-7-10(4)12(6)11(5)8-9(2)3/h1,8,10-12H,2-6H3/t10-,11-,12-/m0/s1. The molecule has 0 aromatic heterocycles. The van der Waals surface area contributed by atoms with Gasteiger partial charge in [-0.15, -0.1) is 12.3 Å². The van der Waals surface area contributed by atoms with Crippen LogP contribution in [0.5, 0.6) is 0 Å². The Balaban J connectivity index is 4.21. The summed E-state index contributed by atoms with van der Waals surface area (Å²) in [6, 6.07) is 0. The zero-order chi connectivity index (χ0) is 9.72. The van der Waals surface area contributed by atoms with Gasteiger partial charge in [-0.1, -0.05) is 32.4 Å². The second-order valence-electron chi connectivity index (χ2n) is 3.92. The van der Waals surface area contributed by atoms with Gasteiger partial charge >= 0.3 is 0 Å². The summed E-state index contributed by atoms with van der Waals surface area (Å²) >= 11 is 0. The predicted molar refractivity (Wildman–Crippen MR) is 55.8 cm³/mol. The fourth-order valence-corrected chi connectivity index (χ4v) is 1.28. The Morgan fingerprint density at radius 2 is 1.75 bits per heavy atom. The van der Waals surface area contributed by atoms with Crippen LogP contribution in [0.25, 0.3) is 0 Å². The molecule has 0 unspecified atom stereocenters. The van der Waals surface area contributed by atoms with E-state index in [0.29, 0.717) is 17.8 Å². The number of allylic oxidation sites excluding steroid dienone is 2. The lowest BCUT2D eigenvalue weighted by Crippen LogP contribution is -2.13. The Morgan fingerprint density at radius 3 is 2.08 bits per heavy atom. The summed E-state index contributed by atoms with van der Waals surface area (Å²) in [4.78, 5) is 0. The fraction of sp³-hybridized carbons (Fsp3) is 0.667. The summed E-state index contributed by atoms with van der Waals surface area (Å²) in [7, 11) is 0. The van der Waals surface area contributed by atoms with Crippen LogP contribution in [0.2, 0.25) is 0 Å². The van der Waals surface area contributed by atoms with Gasteiger partial charge in [-0.05, 0) is 25.7 Å². The van der Waals surface area contributed by atoms with Crippen molar-refractivity contribution < 1.29 is 0 Å². The molecule has 0 fully saturated rings. The highest BCUT2D eigenvalue weighted by atomic mass is 14.2. The smallest absolute Gasteiger partial charge is 0.0203 e. The van der Waals surface area contributed by atoms with Gasteiger partial charge < -0.3 is 0 Å². The highest BCUT2D eigenvalue weighted by molar-refractivity contribution is 5.01. The van der Waals surface area contributed by atoms with E-state index in [9.17, 15) is 0 Å². The molecule has 0 aliphatic rings. The maximum absolute atomic E-state index is 5.37. The Morgan fingerprint density at radius 1 is 1.25 bits per heavy atom. The monoisotopic (exact) mass is 164 g/mol. The van der Waals surface area contributed by atoms with Gasteiger partial charge in [0.05, 0.1) is 0 Å². The molecule has 0 bridgehead atoms. The van der Waals surface area contributed by atoms with E-state index in [4.69, 9.17) is 6.42 Å². The molecule has 0 heteroatoms. The molecule has 0 aromatic rings. The van der Waals surface area contributed by atoms with Crippen LogP contribution in [-0.2, 0) is 0 Å². The van der Waals surface area contributed by atoms with Crippen LogP contribution in [0.4, 0.5) is 0 Å². The van der Waals surface area contributed by atoms with E-state index in [1.807, 2.05) is 0 Å². The van der Waals surface area contributed by atoms with E-state index >= 15 is 0 Å². The largest absolute Gasteiger partial charge is 0.120 e. The highest BCUT2D eigenvalue weighted by Crippen LogP contribution is 2.21. The Hall–Kier alpha value is -0.700. The SMILES string of the molecule is C#C[C@H](C)[C@H](C)[C@@H](C)C=C(C)C. The average Bonchev–Trinajstić information content (AvgIpc) is 2.00. The lowest BCUT2D eigenvalue weighted by atomic mass is 9.85. The summed E-state index contributed by atoms with van der Waals surface area (Å²) in [5, 5.41) is 0. The zero-order valence-electron chi connectivity index (χ0n) is 8.89. The molecular weight excluding hydrogens is 144 g/mol. The lowest BCUT2D eigenvalue weighted by molar-refractivity contribution is 0.381. The van der Waals surface area contributed by atoms with Crippen LogP contribution in [0.3, 0.4) is 0 Å². The lowest BCUT2D eigenvalue weighted by Gasteiger charge is -2.20. The van der Waals surface area contributed by atoms with E-state index in [1.54, 1.807) is 0 Å². The summed E-state index contributed by atoms with van der Waals surface area (Å²) in [5.74, 6) is 4.32. The minimum atomic E-state index is 0.371. The minimum Gasteiger partial charge on any atom is -0.120 e. The molecule has 0 heterocycles. The molecule has 0 nitrogen and oxygen atoms in total. The second kappa shape index (κ2) is 5.04. The quantitative estimate of drug-likeness (QED) is 0.442. The summed E-state index contributed by atoms with van der Waals surface area (Å²) < 4.78 is 0. The molecule has 0 aromatic carbocycles. The molecule has 12 heavy (non-hydrogen) atoms. The van der Waals surface area contributed by atoms with Gasteiger partial charge in [-0.25, -0.2) is 0 Å². The van der Waals surface area contributed by atoms with Crippen molar-refractivity contribution in [2.75, 3.05) is 0 Å². The first kappa shape index (κ1) is 11.3. The molecule has 0 aliphatic heterocycles. The first-order valence-electron chi connectivity index (χ1n) is 4.60. The van der Waals surface area contributed by atoms with Crippen LogP contribution >= 0.6 is 0 Å². The maximum atomic E-state index is 5.37. The van der Waals surface area contributed by atoms with Crippen molar-refractivity contribution in [3.63, 3.8) is 0 Å². The molecule has 0 saturated heterocycles. The normalized spacial score (nSPS) is 17.3. The average molecular weight is 164 g/mol. The van der Waals surface area contributed by atoms with E-state index in [2.05, 4.69) is 46.6 Å². The topological polar surface area (TPSA) is 0 Å². The number of hydrogen-bond acceptors (Lipinski definition) is 0. The zero-order valence-corrected chi connectivity index (χ0v) is 8.89. The van der Waals surface area contributed by atoms with Gasteiger partial charge in [-0.3, -0.25) is 0 Å². The fourth-order valence-electron chi connectivity index (χ4n) is 1.28. The molecule has 0 N–H and O–H groups in total. The first-order chi connectivity index (χ1) is 5.49. The molecule has 0 aliphatic carbocycles. The van der Waals surface area contributed by atoms with Gasteiger partial charge in [0.15, 0.2) is 0 Å². The molecule has 68 valence electrons. The van der Waals surface area contributed by atoms with E-state index in [1.165, 1.54) is 5.57 Å². The predicted octanol–water partition coefficient (Wildman–Crippen LogP) is 3.49. The molecule has 0 spiro atoms. The molecule has 3 atom stereocenters. The molecule has 0 amide bonds. The van der Waals surface area contributed by atoms with E-state index < -0.39 is 0 Å². The third kappa shape index (κ3) is 3.62. The molecule has 0 saturated carbocycles. The third-order valence-electron chi connectivity index (χ3n) is 2.48. The van der Waals surface area contributed by atoms with Gasteiger partial charge in [0.2, 0.25) is 0 Å². The van der Waals surface area contributed by atoms with Gasteiger partial charge in [0.25, 0.3) is 0 Å². The first-order valence-corrected chi connectivity index (χ1v) is 4.60. The van der Waals surface area contributed by atoms with Crippen molar-refractivity contribution in [2.45, 2.75) is 34.6 Å². The van der Waals surface area contributed by atoms with Crippen LogP contribution in [0.15, 0.2) is 11.6 Å². The Kier molecular flexibility index (Phi) is 4.74. The molecule has 0 radical (unpaired) electrons. The summed E-state index contributed by atoms with van der Waals surface area (Å²) in [5.41, 5.74) is 1.37. The molecule has 0 rings (SSSR count). The van der Waals surface area contributed by atoms with Crippen molar-refractivity contribution >= 4 is 0 Å². The maximum Gasteiger partial charge on any atom is 0.0203 e. The van der Waals surface area contributed by atoms with Gasteiger partial charge in [0, 0.05) is 5.92 Å². The van der Waals surface area contributed by atoms with Gasteiger partial charge in [-0.2, -0.15) is 0 Å². The number of rotatable bonds is 3. The van der Waals surface area contributed by atoms with E-state index in [-0.39, 0.29) is 0 Å². The van der Waals surface area contributed by atoms with Crippen molar-refractivity contribution in [2.24, 2.45) is 17.8 Å². The van der Waals surface area contributed by atoms with E-state index in [0.717, 1.165) is 0 Å². The minimum absolute atomic E-state index is 0.371. The van der Waals surface area contributed by atoms with Crippen LogP contribution in [0.1, 0.15) is 34.6 Å².